The molecular weight excluding hydrogens is 411 g/mol. The molecule has 1 N–H and O–H groups in total. The number of halogens is 2. The lowest BCUT2D eigenvalue weighted by atomic mass is 10.0. The van der Waals surface area contributed by atoms with Crippen molar-refractivity contribution in [2.45, 2.75) is 6.54 Å². The molecular formula is C20H16Cl2N6O. The third-order valence-electron chi connectivity index (χ3n) is 4.32. The van der Waals surface area contributed by atoms with Crippen LogP contribution in [0, 0.1) is 0 Å². The number of tetrazole rings is 1. The van der Waals surface area contributed by atoms with Crippen molar-refractivity contribution in [2.75, 3.05) is 12.4 Å². The summed E-state index contributed by atoms with van der Waals surface area (Å²) in [4.78, 5) is 4.55. The second kappa shape index (κ2) is 8.46. The molecule has 0 saturated carbocycles. The predicted molar refractivity (Wildman–Crippen MR) is 113 cm³/mol. The standard InChI is InChI=1S/C20H16Cl2N6O/c1-29-17-10-3-2-7-14(17)19-13(6-5-11-23-19)12-24-20-25-26-27-28(20)16-9-4-8-15(21)18(16)22/h2-11H,12H2,1H3,(H,24,25,27). The molecule has 9 heteroatoms. The zero-order valence-electron chi connectivity index (χ0n) is 15.4. The summed E-state index contributed by atoms with van der Waals surface area (Å²) in [5.74, 6) is 1.19. The summed E-state index contributed by atoms with van der Waals surface area (Å²) in [7, 11) is 1.64. The molecule has 4 aromatic rings. The first kappa shape index (κ1) is 19.2. The molecule has 0 spiro atoms. The second-order valence-corrected chi connectivity index (χ2v) is 6.84. The average Bonchev–Trinajstić information content (AvgIpc) is 3.22. The van der Waals surface area contributed by atoms with Crippen LogP contribution in [0.3, 0.4) is 0 Å². The highest BCUT2D eigenvalue weighted by molar-refractivity contribution is 6.43. The van der Waals surface area contributed by atoms with Crippen LogP contribution in [0.1, 0.15) is 5.56 Å². The lowest BCUT2D eigenvalue weighted by Crippen LogP contribution is -2.09. The summed E-state index contributed by atoms with van der Waals surface area (Å²) >= 11 is 12.4. The molecule has 0 amide bonds. The lowest BCUT2D eigenvalue weighted by molar-refractivity contribution is 0.416. The molecule has 0 bridgehead atoms. The van der Waals surface area contributed by atoms with Gasteiger partial charge in [0.05, 0.1) is 28.5 Å². The third-order valence-corrected chi connectivity index (χ3v) is 5.13. The van der Waals surface area contributed by atoms with Gasteiger partial charge in [-0.1, -0.05) is 52.6 Å². The van der Waals surface area contributed by atoms with E-state index < -0.39 is 0 Å². The van der Waals surface area contributed by atoms with Crippen LogP contribution in [-0.2, 0) is 6.54 Å². The molecule has 0 aliphatic carbocycles. The van der Waals surface area contributed by atoms with Crippen LogP contribution in [0.15, 0.2) is 60.8 Å². The summed E-state index contributed by atoms with van der Waals surface area (Å²) in [5.41, 5.74) is 3.27. The first-order valence-corrected chi connectivity index (χ1v) is 9.48. The predicted octanol–water partition coefficient (Wildman–Crippen LogP) is 4.65. The van der Waals surface area contributed by atoms with Gasteiger partial charge in [-0.25, -0.2) is 0 Å². The topological polar surface area (TPSA) is 77.8 Å². The minimum atomic E-state index is 0.376. The number of aromatic nitrogens is 5. The quantitative estimate of drug-likeness (QED) is 0.483. The number of hydrogen-bond donors (Lipinski definition) is 1. The van der Waals surface area contributed by atoms with Crippen LogP contribution < -0.4 is 10.1 Å². The minimum Gasteiger partial charge on any atom is -0.496 e. The van der Waals surface area contributed by atoms with E-state index in [4.69, 9.17) is 27.9 Å². The van der Waals surface area contributed by atoms with Gasteiger partial charge in [-0.3, -0.25) is 4.98 Å². The van der Waals surface area contributed by atoms with Gasteiger partial charge in [-0.2, -0.15) is 4.68 Å². The van der Waals surface area contributed by atoms with Gasteiger partial charge >= 0.3 is 0 Å². The highest BCUT2D eigenvalue weighted by Crippen LogP contribution is 2.31. The molecule has 2 heterocycles. The fourth-order valence-corrected chi connectivity index (χ4v) is 3.33. The Morgan fingerprint density at radius 1 is 1.03 bits per heavy atom. The van der Waals surface area contributed by atoms with E-state index >= 15 is 0 Å². The maximum absolute atomic E-state index is 6.31. The molecule has 0 radical (unpaired) electrons. The largest absolute Gasteiger partial charge is 0.496 e. The van der Waals surface area contributed by atoms with Gasteiger partial charge in [-0.05, 0) is 46.3 Å². The number of nitrogens with one attached hydrogen (secondary N) is 1. The van der Waals surface area contributed by atoms with Gasteiger partial charge in [0.2, 0.25) is 5.95 Å². The Balaban J connectivity index is 1.64. The van der Waals surface area contributed by atoms with Gasteiger partial charge in [0, 0.05) is 18.3 Å². The Bertz CT molecular complexity index is 1150. The molecule has 0 atom stereocenters. The zero-order chi connectivity index (χ0) is 20.2. The van der Waals surface area contributed by atoms with Crippen molar-refractivity contribution in [3.63, 3.8) is 0 Å². The maximum Gasteiger partial charge on any atom is 0.248 e. The molecule has 0 unspecified atom stereocenters. The van der Waals surface area contributed by atoms with Gasteiger partial charge < -0.3 is 10.1 Å². The van der Waals surface area contributed by atoms with E-state index in [2.05, 4.69) is 25.8 Å². The molecule has 2 aromatic heterocycles. The van der Waals surface area contributed by atoms with Crippen LogP contribution in [0.25, 0.3) is 16.9 Å². The summed E-state index contributed by atoms with van der Waals surface area (Å²) in [5, 5.41) is 15.9. The summed E-state index contributed by atoms with van der Waals surface area (Å²) < 4.78 is 6.99. The Morgan fingerprint density at radius 2 is 1.90 bits per heavy atom. The SMILES string of the molecule is COc1ccccc1-c1ncccc1CNc1nnnn1-c1cccc(Cl)c1Cl. The number of para-hydroxylation sites is 1. The van der Waals surface area contributed by atoms with E-state index in [1.807, 2.05) is 36.4 Å². The van der Waals surface area contributed by atoms with E-state index in [1.165, 1.54) is 4.68 Å². The Labute approximate surface area is 177 Å². The van der Waals surface area contributed by atoms with Crippen molar-refractivity contribution in [1.29, 1.82) is 0 Å². The molecule has 146 valence electrons. The van der Waals surface area contributed by atoms with Crippen molar-refractivity contribution < 1.29 is 4.74 Å². The van der Waals surface area contributed by atoms with Crippen LogP contribution in [0.5, 0.6) is 5.75 Å². The fourth-order valence-electron chi connectivity index (χ4n) is 2.95. The Hall–Kier alpha value is -3.16. The number of rotatable bonds is 6. The molecule has 7 nitrogen and oxygen atoms in total. The van der Waals surface area contributed by atoms with Gasteiger partial charge in [0.1, 0.15) is 5.75 Å². The van der Waals surface area contributed by atoms with Crippen molar-refractivity contribution in [2.24, 2.45) is 0 Å². The highest BCUT2D eigenvalue weighted by Gasteiger charge is 2.15. The van der Waals surface area contributed by atoms with E-state index in [1.54, 1.807) is 31.5 Å². The van der Waals surface area contributed by atoms with E-state index in [0.717, 1.165) is 22.6 Å². The van der Waals surface area contributed by atoms with E-state index in [0.29, 0.717) is 28.2 Å². The average molecular weight is 427 g/mol. The Kier molecular flexibility index (Phi) is 5.59. The van der Waals surface area contributed by atoms with Gasteiger partial charge in [0.15, 0.2) is 0 Å². The van der Waals surface area contributed by atoms with Crippen LogP contribution in [-0.4, -0.2) is 32.3 Å². The first-order valence-electron chi connectivity index (χ1n) is 8.73. The second-order valence-electron chi connectivity index (χ2n) is 6.05. The van der Waals surface area contributed by atoms with E-state index in [9.17, 15) is 0 Å². The van der Waals surface area contributed by atoms with Crippen molar-refractivity contribution in [3.05, 3.63) is 76.4 Å². The van der Waals surface area contributed by atoms with Crippen molar-refractivity contribution in [1.82, 2.24) is 25.2 Å². The first-order chi connectivity index (χ1) is 14.2. The number of nitrogens with zero attached hydrogens (tertiary/aromatic N) is 5. The molecule has 0 aliphatic rings. The summed E-state index contributed by atoms with van der Waals surface area (Å²) in [6.07, 6.45) is 1.75. The Morgan fingerprint density at radius 3 is 2.76 bits per heavy atom. The third kappa shape index (κ3) is 3.87. The monoisotopic (exact) mass is 426 g/mol. The fraction of sp³-hybridized carbons (Fsp3) is 0.100. The van der Waals surface area contributed by atoms with Crippen molar-refractivity contribution >= 4 is 29.2 Å². The van der Waals surface area contributed by atoms with E-state index in [-0.39, 0.29) is 0 Å². The maximum atomic E-state index is 6.31. The number of ether oxygens (including phenoxy) is 1. The molecule has 4 rings (SSSR count). The van der Waals surface area contributed by atoms with Crippen LogP contribution in [0.4, 0.5) is 5.95 Å². The number of methoxy groups -OCH3 is 1. The zero-order valence-corrected chi connectivity index (χ0v) is 16.9. The number of anilines is 1. The highest BCUT2D eigenvalue weighted by atomic mass is 35.5. The van der Waals surface area contributed by atoms with Crippen LogP contribution >= 0.6 is 23.2 Å². The number of hydrogen-bond acceptors (Lipinski definition) is 6. The molecule has 0 fully saturated rings. The number of pyridine rings is 1. The molecule has 29 heavy (non-hydrogen) atoms. The molecule has 0 saturated heterocycles. The normalized spacial score (nSPS) is 10.7. The van der Waals surface area contributed by atoms with Gasteiger partial charge in [-0.15, -0.1) is 0 Å². The minimum absolute atomic E-state index is 0.376. The summed E-state index contributed by atoms with van der Waals surface area (Å²) in [6.45, 7) is 0.444. The molecule has 0 aliphatic heterocycles. The molecule has 2 aromatic carbocycles. The lowest BCUT2D eigenvalue weighted by Gasteiger charge is -2.13. The summed E-state index contributed by atoms with van der Waals surface area (Å²) in [6, 6.07) is 16.9. The van der Waals surface area contributed by atoms with Gasteiger partial charge in [0.25, 0.3) is 0 Å². The van der Waals surface area contributed by atoms with Crippen molar-refractivity contribution in [3.8, 4) is 22.7 Å². The van der Waals surface area contributed by atoms with Crippen LogP contribution in [0.2, 0.25) is 10.0 Å². The smallest absolute Gasteiger partial charge is 0.248 e. The number of benzene rings is 2.